The third-order valence-corrected chi connectivity index (χ3v) is 3.34. The number of carbonyl (C=O) groups is 1. The molecule has 106 valence electrons. The van der Waals surface area contributed by atoms with Crippen LogP contribution in [0.3, 0.4) is 0 Å². The predicted octanol–water partition coefficient (Wildman–Crippen LogP) is 0.0507. The van der Waals surface area contributed by atoms with Gasteiger partial charge in [0.15, 0.2) is 5.82 Å². The highest BCUT2D eigenvalue weighted by Gasteiger charge is 2.23. The van der Waals surface area contributed by atoms with E-state index in [1.54, 1.807) is 30.0 Å². The quantitative estimate of drug-likeness (QED) is 0.839. The maximum atomic E-state index is 11.8. The first-order valence-electron chi connectivity index (χ1n) is 6.60. The Bertz CT molecular complexity index is 422. The van der Waals surface area contributed by atoms with Gasteiger partial charge in [0.1, 0.15) is 6.33 Å². The molecule has 1 N–H and O–H groups in total. The highest BCUT2D eigenvalue weighted by Crippen LogP contribution is 2.12. The second-order valence-corrected chi connectivity index (χ2v) is 5.15. The number of carbonyl (C=O) groups excluding carboxylic acids is 1. The number of amides is 2. The van der Waals surface area contributed by atoms with E-state index in [0.29, 0.717) is 12.6 Å². The van der Waals surface area contributed by atoms with Gasteiger partial charge in [-0.2, -0.15) is 5.10 Å². The Morgan fingerprint density at radius 3 is 2.68 bits per heavy atom. The van der Waals surface area contributed by atoms with E-state index in [4.69, 9.17) is 0 Å². The van der Waals surface area contributed by atoms with Crippen LogP contribution in [-0.4, -0.2) is 63.8 Å². The third-order valence-electron chi connectivity index (χ3n) is 3.34. The van der Waals surface area contributed by atoms with Gasteiger partial charge in [0.05, 0.1) is 6.54 Å². The van der Waals surface area contributed by atoms with Crippen LogP contribution in [0.1, 0.15) is 18.7 Å². The van der Waals surface area contributed by atoms with Crippen molar-refractivity contribution in [2.45, 2.75) is 25.4 Å². The summed E-state index contributed by atoms with van der Waals surface area (Å²) >= 11 is 0. The largest absolute Gasteiger partial charge is 0.331 e. The molecule has 1 fully saturated rings. The van der Waals surface area contributed by atoms with Gasteiger partial charge in [-0.3, -0.25) is 4.68 Å². The summed E-state index contributed by atoms with van der Waals surface area (Å²) < 4.78 is 1.70. The summed E-state index contributed by atoms with van der Waals surface area (Å²) in [5, 5.41) is 7.68. The van der Waals surface area contributed by atoms with E-state index in [2.05, 4.69) is 15.4 Å². The molecule has 0 atom stereocenters. The van der Waals surface area contributed by atoms with Crippen LogP contribution in [-0.2, 0) is 13.6 Å². The average molecular weight is 266 g/mol. The Kier molecular flexibility index (Phi) is 4.36. The maximum Gasteiger partial charge on any atom is 0.319 e. The lowest BCUT2D eigenvalue weighted by Crippen LogP contribution is -2.47. The van der Waals surface area contributed by atoms with Crippen molar-refractivity contribution in [1.82, 2.24) is 29.9 Å². The number of likely N-dealkylation sites (tertiary alicyclic amines) is 1. The van der Waals surface area contributed by atoms with Crippen LogP contribution in [0.2, 0.25) is 0 Å². The first-order valence-corrected chi connectivity index (χ1v) is 6.60. The minimum Gasteiger partial charge on any atom is -0.331 e. The van der Waals surface area contributed by atoms with Gasteiger partial charge >= 0.3 is 6.03 Å². The molecule has 1 aliphatic heterocycles. The average Bonchev–Trinajstić information content (AvgIpc) is 2.82. The van der Waals surface area contributed by atoms with Gasteiger partial charge < -0.3 is 15.1 Å². The Morgan fingerprint density at radius 2 is 2.16 bits per heavy atom. The number of hydrogen-bond acceptors (Lipinski definition) is 4. The van der Waals surface area contributed by atoms with Gasteiger partial charge in [-0.05, 0) is 12.8 Å². The lowest BCUT2D eigenvalue weighted by Gasteiger charge is -2.33. The first-order chi connectivity index (χ1) is 9.06. The normalized spacial score (nSPS) is 16.7. The van der Waals surface area contributed by atoms with E-state index >= 15 is 0 Å². The Hall–Kier alpha value is -1.63. The molecule has 0 saturated carbocycles. The lowest BCUT2D eigenvalue weighted by molar-refractivity contribution is 0.152. The molecule has 2 rings (SSSR count). The fourth-order valence-electron chi connectivity index (χ4n) is 2.26. The molecule has 2 heterocycles. The molecule has 1 saturated heterocycles. The van der Waals surface area contributed by atoms with Gasteiger partial charge in [-0.25, -0.2) is 9.78 Å². The monoisotopic (exact) mass is 266 g/mol. The zero-order chi connectivity index (χ0) is 13.8. The van der Waals surface area contributed by atoms with Gasteiger partial charge in [0.2, 0.25) is 0 Å². The molecule has 19 heavy (non-hydrogen) atoms. The molecule has 1 aromatic heterocycles. The fraction of sp³-hybridized carbons (Fsp3) is 0.750. The molecular formula is C12H22N6O. The summed E-state index contributed by atoms with van der Waals surface area (Å²) in [7, 11) is 5.45. The molecule has 2 amide bonds. The van der Waals surface area contributed by atoms with Crippen molar-refractivity contribution in [2.24, 2.45) is 7.05 Å². The van der Waals surface area contributed by atoms with Crippen molar-refractivity contribution in [3.8, 4) is 0 Å². The van der Waals surface area contributed by atoms with Gasteiger partial charge in [-0.1, -0.05) is 0 Å². The van der Waals surface area contributed by atoms with Crippen LogP contribution >= 0.6 is 0 Å². The summed E-state index contributed by atoms with van der Waals surface area (Å²) in [4.78, 5) is 19.5. The van der Waals surface area contributed by atoms with E-state index in [-0.39, 0.29) is 6.03 Å². The number of hydrogen-bond donors (Lipinski definition) is 1. The number of nitrogens with zero attached hydrogens (tertiary/aromatic N) is 5. The Labute approximate surface area is 113 Å². The van der Waals surface area contributed by atoms with Crippen LogP contribution in [0.5, 0.6) is 0 Å². The minimum atomic E-state index is 0.102. The smallest absolute Gasteiger partial charge is 0.319 e. The van der Waals surface area contributed by atoms with Crippen molar-refractivity contribution in [2.75, 3.05) is 27.2 Å². The van der Waals surface area contributed by atoms with E-state index in [0.717, 1.165) is 31.8 Å². The van der Waals surface area contributed by atoms with E-state index in [1.165, 1.54) is 0 Å². The summed E-state index contributed by atoms with van der Waals surface area (Å²) in [5.41, 5.74) is 0. The number of rotatable bonds is 3. The third kappa shape index (κ3) is 3.66. The highest BCUT2D eigenvalue weighted by molar-refractivity contribution is 5.73. The standard InChI is InChI=1S/C12H22N6O/c1-16(2)12(19)18-6-4-10(5-7-18)13-8-11-14-9-17(3)15-11/h9-10,13H,4-8H2,1-3H3. The van der Waals surface area contributed by atoms with Crippen LogP contribution < -0.4 is 5.32 Å². The highest BCUT2D eigenvalue weighted by atomic mass is 16.2. The molecule has 0 unspecified atom stereocenters. The number of nitrogens with one attached hydrogen (secondary N) is 1. The van der Waals surface area contributed by atoms with E-state index in [1.807, 2.05) is 11.9 Å². The second-order valence-electron chi connectivity index (χ2n) is 5.15. The molecule has 0 aromatic carbocycles. The van der Waals surface area contributed by atoms with E-state index in [9.17, 15) is 4.79 Å². The lowest BCUT2D eigenvalue weighted by atomic mass is 10.1. The van der Waals surface area contributed by atoms with Crippen molar-refractivity contribution in [3.05, 3.63) is 12.2 Å². The summed E-state index contributed by atoms with van der Waals surface area (Å²) in [6, 6.07) is 0.542. The Morgan fingerprint density at radius 1 is 1.47 bits per heavy atom. The first kappa shape index (κ1) is 13.8. The molecule has 0 radical (unpaired) electrons. The molecule has 0 bridgehead atoms. The molecule has 0 spiro atoms. The number of aromatic nitrogens is 3. The van der Waals surface area contributed by atoms with Crippen molar-refractivity contribution in [1.29, 1.82) is 0 Å². The minimum absolute atomic E-state index is 0.102. The van der Waals surface area contributed by atoms with Gasteiger partial charge in [0, 0.05) is 40.3 Å². The Balaban J connectivity index is 1.73. The number of aryl methyl sites for hydroxylation is 1. The van der Waals surface area contributed by atoms with Gasteiger partial charge in [-0.15, -0.1) is 0 Å². The zero-order valence-corrected chi connectivity index (χ0v) is 11.8. The topological polar surface area (TPSA) is 66.3 Å². The van der Waals surface area contributed by atoms with Crippen LogP contribution in [0, 0.1) is 0 Å². The molecule has 7 nitrogen and oxygen atoms in total. The van der Waals surface area contributed by atoms with Crippen molar-refractivity contribution in [3.63, 3.8) is 0 Å². The van der Waals surface area contributed by atoms with Crippen molar-refractivity contribution >= 4 is 6.03 Å². The molecular weight excluding hydrogens is 244 g/mol. The SMILES string of the molecule is CN(C)C(=O)N1CCC(NCc2ncn(C)n2)CC1. The summed E-state index contributed by atoms with van der Waals surface area (Å²) in [5.74, 6) is 0.814. The summed E-state index contributed by atoms with van der Waals surface area (Å²) in [6.45, 7) is 2.31. The molecule has 7 heteroatoms. The second kappa shape index (κ2) is 6.01. The van der Waals surface area contributed by atoms with E-state index < -0.39 is 0 Å². The maximum absolute atomic E-state index is 11.8. The number of urea groups is 1. The number of piperidine rings is 1. The van der Waals surface area contributed by atoms with Crippen LogP contribution in [0.25, 0.3) is 0 Å². The van der Waals surface area contributed by atoms with Crippen molar-refractivity contribution < 1.29 is 4.79 Å². The molecule has 0 aliphatic carbocycles. The molecule has 1 aromatic rings. The summed E-state index contributed by atoms with van der Waals surface area (Å²) in [6.07, 6.45) is 3.66. The van der Waals surface area contributed by atoms with Gasteiger partial charge in [0.25, 0.3) is 0 Å². The van der Waals surface area contributed by atoms with Crippen LogP contribution in [0.15, 0.2) is 6.33 Å². The molecule has 1 aliphatic rings. The van der Waals surface area contributed by atoms with Crippen LogP contribution in [0.4, 0.5) is 4.79 Å². The zero-order valence-electron chi connectivity index (χ0n) is 11.8. The predicted molar refractivity (Wildman–Crippen MR) is 71.5 cm³/mol. The fourth-order valence-corrected chi connectivity index (χ4v) is 2.26.